The SMILES string of the molecule is CCCCCCc1ccc(-c2ncc(CC[C@H]3CC[C@H](CC)CC3)cn2)cc1. The first-order valence-electron chi connectivity index (χ1n) is 11.7. The van der Waals surface area contributed by atoms with Crippen molar-refractivity contribution in [3.8, 4) is 11.4 Å². The van der Waals surface area contributed by atoms with Crippen LogP contribution in [0.5, 0.6) is 0 Å². The normalized spacial score (nSPS) is 19.6. The van der Waals surface area contributed by atoms with Crippen LogP contribution < -0.4 is 0 Å². The summed E-state index contributed by atoms with van der Waals surface area (Å²) in [7, 11) is 0. The first-order valence-corrected chi connectivity index (χ1v) is 11.7. The molecular weight excluding hydrogens is 340 g/mol. The Hall–Kier alpha value is -1.70. The molecule has 0 spiro atoms. The van der Waals surface area contributed by atoms with Crippen LogP contribution in [0.1, 0.15) is 89.2 Å². The fourth-order valence-corrected chi connectivity index (χ4v) is 4.51. The highest BCUT2D eigenvalue weighted by Gasteiger charge is 2.19. The van der Waals surface area contributed by atoms with Gasteiger partial charge >= 0.3 is 0 Å². The highest BCUT2D eigenvalue weighted by Crippen LogP contribution is 2.33. The lowest BCUT2D eigenvalue weighted by Crippen LogP contribution is -2.14. The molecule has 2 aromatic rings. The van der Waals surface area contributed by atoms with Gasteiger partial charge in [0.2, 0.25) is 0 Å². The summed E-state index contributed by atoms with van der Waals surface area (Å²) in [6.45, 7) is 4.60. The molecule has 3 rings (SSSR count). The highest BCUT2D eigenvalue weighted by molar-refractivity contribution is 5.55. The number of rotatable bonds is 10. The number of aryl methyl sites for hydroxylation is 2. The molecule has 1 aliphatic carbocycles. The Kier molecular flexibility index (Phi) is 8.51. The molecule has 28 heavy (non-hydrogen) atoms. The Labute approximate surface area is 172 Å². The van der Waals surface area contributed by atoms with Crippen LogP contribution in [0, 0.1) is 11.8 Å². The van der Waals surface area contributed by atoms with Gasteiger partial charge in [-0.15, -0.1) is 0 Å². The molecule has 0 aliphatic heterocycles. The van der Waals surface area contributed by atoms with E-state index in [1.807, 2.05) is 12.4 Å². The van der Waals surface area contributed by atoms with Gasteiger partial charge in [-0.05, 0) is 48.6 Å². The van der Waals surface area contributed by atoms with Crippen LogP contribution in [0.3, 0.4) is 0 Å². The molecule has 0 saturated heterocycles. The van der Waals surface area contributed by atoms with E-state index in [0.29, 0.717) is 0 Å². The lowest BCUT2D eigenvalue weighted by molar-refractivity contribution is 0.258. The van der Waals surface area contributed by atoms with Crippen molar-refractivity contribution in [2.75, 3.05) is 0 Å². The van der Waals surface area contributed by atoms with Crippen LogP contribution in [0.15, 0.2) is 36.7 Å². The molecule has 0 atom stereocenters. The van der Waals surface area contributed by atoms with Crippen molar-refractivity contribution in [1.29, 1.82) is 0 Å². The van der Waals surface area contributed by atoms with Gasteiger partial charge in [0.05, 0.1) is 0 Å². The van der Waals surface area contributed by atoms with E-state index >= 15 is 0 Å². The van der Waals surface area contributed by atoms with Crippen molar-refractivity contribution in [3.63, 3.8) is 0 Å². The number of aromatic nitrogens is 2. The van der Waals surface area contributed by atoms with E-state index in [-0.39, 0.29) is 0 Å². The van der Waals surface area contributed by atoms with E-state index < -0.39 is 0 Å². The average molecular weight is 379 g/mol. The van der Waals surface area contributed by atoms with Gasteiger partial charge in [0.1, 0.15) is 0 Å². The third-order valence-electron chi connectivity index (χ3n) is 6.62. The molecule has 0 amide bonds. The molecule has 0 unspecified atom stereocenters. The molecule has 1 aromatic carbocycles. The molecule has 152 valence electrons. The smallest absolute Gasteiger partial charge is 0.159 e. The average Bonchev–Trinajstić information content (AvgIpc) is 2.76. The maximum Gasteiger partial charge on any atom is 0.159 e. The second kappa shape index (κ2) is 11.3. The fraction of sp³-hybridized carbons (Fsp3) is 0.615. The molecule has 1 saturated carbocycles. The van der Waals surface area contributed by atoms with Crippen LogP contribution in [-0.4, -0.2) is 9.97 Å². The summed E-state index contributed by atoms with van der Waals surface area (Å²) in [5, 5.41) is 0. The van der Waals surface area contributed by atoms with Crippen LogP contribution in [0.4, 0.5) is 0 Å². The molecule has 2 heteroatoms. The van der Waals surface area contributed by atoms with Crippen molar-refractivity contribution in [1.82, 2.24) is 9.97 Å². The molecule has 2 nitrogen and oxygen atoms in total. The second-order valence-corrected chi connectivity index (χ2v) is 8.76. The van der Waals surface area contributed by atoms with Gasteiger partial charge in [-0.3, -0.25) is 0 Å². The van der Waals surface area contributed by atoms with E-state index in [9.17, 15) is 0 Å². The van der Waals surface area contributed by atoms with Crippen LogP contribution in [0.25, 0.3) is 11.4 Å². The Balaban J connectivity index is 1.46. The number of hydrogen-bond donors (Lipinski definition) is 0. The van der Waals surface area contributed by atoms with Crippen LogP contribution in [0.2, 0.25) is 0 Å². The van der Waals surface area contributed by atoms with Crippen LogP contribution >= 0.6 is 0 Å². The van der Waals surface area contributed by atoms with E-state index in [2.05, 4.69) is 48.1 Å². The van der Waals surface area contributed by atoms with Crippen molar-refractivity contribution >= 4 is 0 Å². The van der Waals surface area contributed by atoms with Gasteiger partial charge in [-0.25, -0.2) is 9.97 Å². The Morgan fingerprint density at radius 3 is 2.07 bits per heavy atom. The molecular formula is C26H38N2. The summed E-state index contributed by atoms with van der Waals surface area (Å²) < 4.78 is 0. The first-order chi connectivity index (χ1) is 13.8. The van der Waals surface area contributed by atoms with E-state index in [4.69, 9.17) is 0 Å². The van der Waals surface area contributed by atoms with E-state index in [1.54, 1.807) is 0 Å². The maximum absolute atomic E-state index is 4.64. The van der Waals surface area contributed by atoms with Crippen LogP contribution in [-0.2, 0) is 12.8 Å². The quantitative estimate of drug-likeness (QED) is 0.402. The molecule has 1 fully saturated rings. The van der Waals surface area contributed by atoms with E-state index in [1.165, 1.54) is 81.8 Å². The zero-order chi connectivity index (χ0) is 19.6. The zero-order valence-corrected chi connectivity index (χ0v) is 18.0. The van der Waals surface area contributed by atoms with Gasteiger partial charge in [0.25, 0.3) is 0 Å². The number of benzene rings is 1. The minimum absolute atomic E-state index is 0.852. The van der Waals surface area contributed by atoms with Gasteiger partial charge < -0.3 is 0 Å². The summed E-state index contributed by atoms with van der Waals surface area (Å²) >= 11 is 0. The number of nitrogens with zero attached hydrogens (tertiary/aromatic N) is 2. The zero-order valence-electron chi connectivity index (χ0n) is 18.0. The van der Waals surface area contributed by atoms with Crippen molar-refractivity contribution in [2.45, 2.75) is 90.9 Å². The molecule has 1 aromatic heterocycles. The lowest BCUT2D eigenvalue weighted by atomic mass is 9.79. The highest BCUT2D eigenvalue weighted by atomic mass is 14.9. The van der Waals surface area contributed by atoms with E-state index in [0.717, 1.165) is 29.6 Å². The first kappa shape index (κ1) is 21.0. The van der Waals surface area contributed by atoms with Crippen molar-refractivity contribution < 1.29 is 0 Å². The molecule has 1 aliphatic rings. The topological polar surface area (TPSA) is 25.8 Å². The maximum atomic E-state index is 4.64. The lowest BCUT2D eigenvalue weighted by Gasteiger charge is -2.27. The van der Waals surface area contributed by atoms with Gasteiger partial charge in [0.15, 0.2) is 5.82 Å². The number of unbranched alkanes of at least 4 members (excludes halogenated alkanes) is 3. The minimum Gasteiger partial charge on any atom is -0.236 e. The third kappa shape index (κ3) is 6.43. The second-order valence-electron chi connectivity index (χ2n) is 8.76. The third-order valence-corrected chi connectivity index (χ3v) is 6.62. The molecule has 0 bridgehead atoms. The predicted octanol–water partition coefficient (Wildman–Crippen LogP) is 7.42. The Morgan fingerprint density at radius 1 is 0.750 bits per heavy atom. The largest absolute Gasteiger partial charge is 0.236 e. The predicted molar refractivity (Wildman–Crippen MR) is 119 cm³/mol. The summed E-state index contributed by atoms with van der Waals surface area (Å²) in [5.41, 5.74) is 3.84. The summed E-state index contributed by atoms with van der Waals surface area (Å²) in [6.07, 6.45) is 20.0. The minimum atomic E-state index is 0.852. The van der Waals surface area contributed by atoms with Gasteiger partial charge in [0, 0.05) is 18.0 Å². The molecule has 0 radical (unpaired) electrons. The van der Waals surface area contributed by atoms with Gasteiger partial charge in [-0.2, -0.15) is 0 Å². The van der Waals surface area contributed by atoms with Gasteiger partial charge in [-0.1, -0.05) is 89.5 Å². The number of hydrogen-bond acceptors (Lipinski definition) is 2. The Morgan fingerprint density at radius 2 is 1.43 bits per heavy atom. The fourth-order valence-electron chi connectivity index (χ4n) is 4.51. The molecule has 0 N–H and O–H groups in total. The summed E-state index contributed by atoms with van der Waals surface area (Å²) in [5.74, 6) is 2.75. The Bertz CT molecular complexity index is 667. The van der Waals surface area contributed by atoms with Crippen molar-refractivity contribution in [2.24, 2.45) is 11.8 Å². The standard InChI is InChI=1S/C26H38N2/c1-3-5-6-7-8-22-15-17-25(18-16-22)26-27-19-24(20-28-26)14-13-23-11-9-21(4-2)10-12-23/h15-21,23H,3-14H2,1-2H3/t21-,23-. The summed E-state index contributed by atoms with van der Waals surface area (Å²) in [6, 6.07) is 8.84. The summed E-state index contributed by atoms with van der Waals surface area (Å²) in [4.78, 5) is 9.29. The molecule has 1 heterocycles. The van der Waals surface area contributed by atoms with Crippen molar-refractivity contribution in [3.05, 3.63) is 47.8 Å². The monoisotopic (exact) mass is 378 g/mol.